The zero-order chi connectivity index (χ0) is 9.45. The second-order valence-corrected chi connectivity index (χ2v) is 3.49. The van der Waals surface area contributed by atoms with E-state index in [9.17, 15) is 4.57 Å². The average Bonchev–Trinajstić information content (AvgIpc) is 2.13. The molecule has 12 heavy (non-hydrogen) atoms. The molecule has 0 amide bonds. The second kappa shape index (κ2) is 6.56. The summed E-state index contributed by atoms with van der Waals surface area (Å²) < 4.78 is 15.6. The largest absolute Gasteiger partial charge is 0.327 e. The van der Waals surface area contributed by atoms with Gasteiger partial charge in [0.1, 0.15) is 0 Å². The fourth-order valence-electron chi connectivity index (χ4n) is 1.36. The van der Waals surface area contributed by atoms with Crippen molar-refractivity contribution in [2.45, 2.75) is 58.5 Å². The van der Waals surface area contributed by atoms with E-state index in [-0.39, 0.29) is 14.3 Å². The summed E-state index contributed by atoms with van der Waals surface area (Å²) >= 11 is 0. The lowest BCUT2D eigenvalue weighted by Gasteiger charge is -2.27. The van der Waals surface area contributed by atoms with Crippen LogP contribution in [0.3, 0.4) is 0 Å². The van der Waals surface area contributed by atoms with Crippen LogP contribution in [0.25, 0.3) is 0 Å². The third-order valence-electron chi connectivity index (χ3n) is 2.51. The van der Waals surface area contributed by atoms with Gasteiger partial charge in [0.25, 0.3) is 0 Å². The normalized spacial score (nSPS) is 12.2. The van der Waals surface area contributed by atoms with Crippen LogP contribution in [-0.4, -0.2) is 5.60 Å². The highest BCUT2D eigenvalue weighted by molar-refractivity contribution is 7.17. The molecule has 0 heterocycles. The van der Waals surface area contributed by atoms with Gasteiger partial charge in [-0.05, 0) is 19.3 Å². The molecule has 2 nitrogen and oxygen atoms in total. The van der Waals surface area contributed by atoms with Gasteiger partial charge in [-0.2, -0.15) is 0 Å². The first-order valence-corrected chi connectivity index (χ1v) is 5.48. The van der Waals surface area contributed by atoms with Crippen LogP contribution in [0.15, 0.2) is 0 Å². The molecule has 0 aromatic heterocycles. The van der Waals surface area contributed by atoms with Crippen LogP contribution in [0.5, 0.6) is 0 Å². The van der Waals surface area contributed by atoms with Crippen LogP contribution in [0, 0.1) is 0 Å². The van der Waals surface area contributed by atoms with E-state index in [1.807, 2.05) is 0 Å². The number of unbranched alkanes of at least 4 members (excludes halogenated alkanes) is 1. The summed E-state index contributed by atoms with van der Waals surface area (Å²) in [6.45, 7) is 6.33. The van der Waals surface area contributed by atoms with Crippen LogP contribution >= 0.6 is 8.69 Å². The summed E-state index contributed by atoms with van der Waals surface area (Å²) in [5.74, 6) is 0. The molecule has 0 rings (SSSR count). The van der Waals surface area contributed by atoms with Crippen molar-refractivity contribution in [1.29, 1.82) is 0 Å². The minimum atomic E-state index is -0.179. The molecule has 0 fully saturated rings. The van der Waals surface area contributed by atoms with Gasteiger partial charge in [-0.15, -0.1) is 0 Å². The van der Waals surface area contributed by atoms with Gasteiger partial charge in [0.15, 0.2) is 0 Å². The highest BCUT2D eigenvalue weighted by atomic mass is 31.1. The molecule has 3 heteroatoms. The summed E-state index contributed by atoms with van der Waals surface area (Å²) in [5.41, 5.74) is -0.140. The molecule has 0 saturated carbocycles. The molecule has 0 atom stereocenters. The lowest BCUT2D eigenvalue weighted by molar-refractivity contribution is 0.0634. The minimum absolute atomic E-state index is 0.140. The zero-order valence-corrected chi connectivity index (χ0v) is 9.19. The Labute approximate surface area is 77.0 Å². The van der Waals surface area contributed by atoms with Crippen molar-refractivity contribution in [3.63, 3.8) is 0 Å². The van der Waals surface area contributed by atoms with Gasteiger partial charge in [-0.3, -0.25) is 4.52 Å². The van der Waals surface area contributed by atoms with Gasteiger partial charge in [0.2, 0.25) is 0 Å². The predicted octanol–water partition coefficient (Wildman–Crippen LogP) is 3.96. The van der Waals surface area contributed by atoms with Gasteiger partial charge in [-0.1, -0.05) is 33.6 Å². The third-order valence-corrected chi connectivity index (χ3v) is 2.97. The van der Waals surface area contributed by atoms with E-state index < -0.39 is 0 Å². The Hall–Kier alpha value is 0.0600. The smallest absolute Gasteiger partial charge is 0.288 e. The van der Waals surface area contributed by atoms with Crippen LogP contribution in [0.2, 0.25) is 0 Å². The standard InChI is InChI=1S/C9H19O2P/c1-4-7-8-9(5-2,6-3)11-12-10/h4-8H2,1-3H3. The molecule has 0 aliphatic heterocycles. The van der Waals surface area contributed by atoms with Crippen LogP contribution in [0.4, 0.5) is 0 Å². The molecule has 0 radical (unpaired) electrons. The molecule has 0 aromatic carbocycles. The van der Waals surface area contributed by atoms with E-state index in [0.717, 1.165) is 25.7 Å². The highest BCUT2D eigenvalue weighted by Crippen LogP contribution is 2.30. The molecule has 0 saturated heterocycles. The Balaban J connectivity index is 4.03. The van der Waals surface area contributed by atoms with Gasteiger partial charge in [0, 0.05) is 0 Å². The van der Waals surface area contributed by atoms with Crippen LogP contribution in [0.1, 0.15) is 52.9 Å². The Kier molecular flexibility index (Phi) is 6.60. The van der Waals surface area contributed by atoms with Gasteiger partial charge >= 0.3 is 8.69 Å². The van der Waals surface area contributed by atoms with E-state index in [1.165, 1.54) is 6.42 Å². The quantitative estimate of drug-likeness (QED) is 0.568. The van der Waals surface area contributed by atoms with Crippen molar-refractivity contribution >= 4 is 8.69 Å². The molecular formula is C9H19O2P. The van der Waals surface area contributed by atoms with E-state index in [4.69, 9.17) is 4.52 Å². The summed E-state index contributed by atoms with van der Waals surface area (Å²) in [6.07, 6.45) is 5.22. The molecule has 0 unspecified atom stereocenters. The Bertz CT molecular complexity index is 122. The van der Waals surface area contributed by atoms with Gasteiger partial charge < -0.3 is 0 Å². The molecule has 0 bridgehead atoms. The number of hydrogen-bond donors (Lipinski definition) is 0. The maximum Gasteiger partial charge on any atom is 0.327 e. The Morgan fingerprint density at radius 1 is 1.25 bits per heavy atom. The van der Waals surface area contributed by atoms with Crippen molar-refractivity contribution in [3.8, 4) is 0 Å². The van der Waals surface area contributed by atoms with E-state index in [0.29, 0.717) is 0 Å². The Morgan fingerprint density at radius 2 is 1.83 bits per heavy atom. The molecule has 0 N–H and O–H groups in total. The summed E-state index contributed by atoms with van der Waals surface area (Å²) in [5, 5.41) is 0. The Morgan fingerprint density at radius 3 is 2.17 bits per heavy atom. The van der Waals surface area contributed by atoms with Crippen molar-refractivity contribution < 1.29 is 9.09 Å². The first-order valence-electron chi connectivity index (χ1n) is 4.75. The van der Waals surface area contributed by atoms with E-state index in [1.54, 1.807) is 0 Å². The van der Waals surface area contributed by atoms with Gasteiger partial charge in [-0.25, -0.2) is 4.57 Å². The lowest BCUT2D eigenvalue weighted by Crippen LogP contribution is -2.27. The highest BCUT2D eigenvalue weighted by Gasteiger charge is 2.26. The second-order valence-electron chi connectivity index (χ2n) is 3.16. The third kappa shape index (κ3) is 3.64. The number of hydrogen-bond acceptors (Lipinski definition) is 2. The molecular weight excluding hydrogens is 171 g/mol. The van der Waals surface area contributed by atoms with Crippen molar-refractivity contribution in [2.75, 3.05) is 0 Å². The average molecular weight is 190 g/mol. The fourth-order valence-corrected chi connectivity index (χ4v) is 1.86. The molecule has 72 valence electrons. The minimum Gasteiger partial charge on any atom is -0.288 e. The monoisotopic (exact) mass is 190 g/mol. The summed E-state index contributed by atoms with van der Waals surface area (Å²) in [6, 6.07) is 0. The SMILES string of the molecule is CCCCC(CC)(CC)OP=O. The molecule has 0 aliphatic carbocycles. The van der Waals surface area contributed by atoms with E-state index >= 15 is 0 Å². The van der Waals surface area contributed by atoms with E-state index in [2.05, 4.69) is 20.8 Å². The van der Waals surface area contributed by atoms with Crippen molar-refractivity contribution in [2.24, 2.45) is 0 Å². The number of rotatable bonds is 7. The molecule has 0 aliphatic rings. The van der Waals surface area contributed by atoms with Crippen molar-refractivity contribution in [1.82, 2.24) is 0 Å². The first kappa shape index (κ1) is 12.1. The van der Waals surface area contributed by atoms with Crippen LogP contribution in [-0.2, 0) is 9.09 Å². The maximum absolute atomic E-state index is 10.4. The van der Waals surface area contributed by atoms with Gasteiger partial charge in [0.05, 0.1) is 5.60 Å². The zero-order valence-electron chi connectivity index (χ0n) is 8.30. The predicted molar refractivity (Wildman–Crippen MR) is 51.5 cm³/mol. The molecule has 0 aromatic rings. The summed E-state index contributed by atoms with van der Waals surface area (Å²) in [7, 11) is -0.179. The topological polar surface area (TPSA) is 26.3 Å². The molecule has 0 spiro atoms. The lowest BCUT2D eigenvalue weighted by atomic mass is 9.91. The first-order chi connectivity index (χ1) is 5.74. The van der Waals surface area contributed by atoms with Crippen molar-refractivity contribution in [3.05, 3.63) is 0 Å². The fraction of sp³-hybridized carbons (Fsp3) is 1.00. The maximum atomic E-state index is 10.4. The summed E-state index contributed by atoms with van der Waals surface area (Å²) in [4.78, 5) is 0. The van der Waals surface area contributed by atoms with Crippen LogP contribution < -0.4 is 0 Å².